The number of carbonyl (C=O) groups excluding carboxylic acids is 1. The third-order valence-corrected chi connectivity index (χ3v) is 4.26. The molecule has 3 rings (SSSR count). The van der Waals surface area contributed by atoms with Crippen molar-refractivity contribution >= 4 is 18.3 Å². The van der Waals surface area contributed by atoms with E-state index in [0.29, 0.717) is 11.5 Å². The molecule has 1 aromatic carbocycles. The van der Waals surface area contributed by atoms with E-state index >= 15 is 0 Å². The standard InChI is InChI=1S/C17H22N4O.ClH/c1-13-16(12-20-21(13)15-5-3-2-4-6-15)17(22)19-10-8-14-7-9-18-11-14;/h2-6,12,14,18H,7-11H2,1H3,(H,19,22);1H. The van der Waals surface area contributed by atoms with E-state index in [1.54, 1.807) is 10.9 Å². The van der Waals surface area contributed by atoms with Gasteiger partial charge in [-0.05, 0) is 50.9 Å². The van der Waals surface area contributed by atoms with Crippen molar-refractivity contribution in [2.45, 2.75) is 19.8 Å². The van der Waals surface area contributed by atoms with Crippen LogP contribution in [0.25, 0.3) is 5.69 Å². The predicted molar refractivity (Wildman–Crippen MR) is 93.5 cm³/mol. The van der Waals surface area contributed by atoms with Crippen LogP contribution >= 0.6 is 12.4 Å². The van der Waals surface area contributed by atoms with Crippen molar-refractivity contribution in [2.24, 2.45) is 5.92 Å². The zero-order valence-corrected chi connectivity index (χ0v) is 14.1. The molecule has 1 aliphatic rings. The largest absolute Gasteiger partial charge is 0.352 e. The zero-order valence-electron chi connectivity index (χ0n) is 13.3. The Morgan fingerprint density at radius 2 is 2.17 bits per heavy atom. The van der Waals surface area contributed by atoms with Crippen LogP contribution in [0, 0.1) is 12.8 Å². The van der Waals surface area contributed by atoms with Crippen molar-refractivity contribution in [3.63, 3.8) is 0 Å². The molecule has 23 heavy (non-hydrogen) atoms. The van der Waals surface area contributed by atoms with Gasteiger partial charge in [-0.15, -0.1) is 12.4 Å². The lowest BCUT2D eigenvalue weighted by Gasteiger charge is -2.09. The highest BCUT2D eigenvalue weighted by molar-refractivity contribution is 5.95. The number of benzene rings is 1. The Hall–Kier alpha value is -1.85. The second kappa shape index (κ2) is 8.13. The summed E-state index contributed by atoms with van der Waals surface area (Å²) >= 11 is 0. The fraction of sp³-hybridized carbons (Fsp3) is 0.412. The minimum Gasteiger partial charge on any atom is -0.352 e. The van der Waals surface area contributed by atoms with E-state index in [1.165, 1.54) is 6.42 Å². The molecule has 0 radical (unpaired) electrons. The minimum absolute atomic E-state index is 0. The Kier molecular flexibility index (Phi) is 6.19. The summed E-state index contributed by atoms with van der Waals surface area (Å²) in [5, 5.41) is 10.7. The molecule has 5 nitrogen and oxygen atoms in total. The SMILES string of the molecule is Cc1c(C(=O)NCCC2CCNC2)cnn1-c1ccccc1.Cl. The molecule has 2 N–H and O–H groups in total. The lowest BCUT2D eigenvalue weighted by molar-refractivity contribution is 0.0951. The topological polar surface area (TPSA) is 59.0 Å². The maximum atomic E-state index is 12.3. The van der Waals surface area contributed by atoms with Crippen molar-refractivity contribution in [2.75, 3.05) is 19.6 Å². The Bertz CT molecular complexity index is 635. The fourth-order valence-corrected chi connectivity index (χ4v) is 2.91. The van der Waals surface area contributed by atoms with E-state index in [2.05, 4.69) is 15.7 Å². The lowest BCUT2D eigenvalue weighted by atomic mass is 10.1. The normalized spacial score (nSPS) is 16.8. The molecule has 1 aliphatic heterocycles. The van der Waals surface area contributed by atoms with E-state index in [0.717, 1.165) is 37.4 Å². The molecule has 0 bridgehead atoms. The average molecular weight is 335 g/mol. The van der Waals surface area contributed by atoms with E-state index in [4.69, 9.17) is 0 Å². The maximum absolute atomic E-state index is 12.3. The molecule has 1 unspecified atom stereocenters. The monoisotopic (exact) mass is 334 g/mol. The molecular formula is C17H23ClN4O. The summed E-state index contributed by atoms with van der Waals surface area (Å²) in [4.78, 5) is 12.3. The van der Waals surface area contributed by atoms with Crippen LogP contribution < -0.4 is 10.6 Å². The molecule has 0 saturated carbocycles. The Labute approximate surface area is 142 Å². The van der Waals surface area contributed by atoms with Crippen LogP contribution in [0.5, 0.6) is 0 Å². The number of rotatable bonds is 5. The quantitative estimate of drug-likeness (QED) is 0.882. The third-order valence-electron chi connectivity index (χ3n) is 4.26. The summed E-state index contributed by atoms with van der Waals surface area (Å²) in [5.74, 6) is 0.652. The Morgan fingerprint density at radius 1 is 1.39 bits per heavy atom. The summed E-state index contributed by atoms with van der Waals surface area (Å²) in [6.07, 6.45) is 3.89. The molecule has 1 fully saturated rings. The van der Waals surface area contributed by atoms with Gasteiger partial charge in [0.05, 0.1) is 23.1 Å². The first-order valence-corrected chi connectivity index (χ1v) is 7.84. The second-order valence-electron chi connectivity index (χ2n) is 5.79. The smallest absolute Gasteiger partial charge is 0.254 e. The number of hydrogen-bond donors (Lipinski definition) is 2. The molecule has 0 aliphatic carbocycles. The predicted octanol–water partition coefficient (Wildman–Crippen LogP) is 2.33. The first kappa shape index (κ1) is 17.5. The van der Waals surface area contributed by atoms with E-state index < -0.39 is 0 Å². The van der Waals surface area contributed by atoms with Crippen LogP contribution in [-0.2, 0) is 0 Å². The van der Waals surface area contributed by atoms with Gasteiger partial charge in [0.25, 0.3) is 5.91 Å². The summed E-state index contributed by atoms with van der Waals surface area (Å²) in [6.45, 7) is 4.82. The summed E-state index contributed by atoms with van der Waals surface area (Å²) in [5.41, 5.74) is 2.48. The molecule has 2 heterocycles. The van der Waals surface area contributed by atoms with Gasteiger partial charge < -0.3 is 10.6 Å². The number of halogens is 1. The molecule has 2 aromatic rings. The number of hydrogen-bond acceptors (Lipinski definition) is 3. The van der Waals surface area contributed by atoms with Crippen LogP contribution in [0.15, 0.2) is 36.5 Å². The number of para-hydroxylation sites is 1. The van der Waals surface area contributed by atoms with Crippen molar-refractivity contribution in [3.8, 4) is 5.69 Å². The molecule has 6 heteroatoms. The van der Waals surface area contributed by atoms with Gasteiger partial charge in [0, 0.05) is 6.54 Å². The molecule has 0 spiro atoms. The number of aromatic nitrogens is 2. The average Bonchev–Trinajstić information content (AvgIpc) is 3.18. The van der Waals surface area contributed by atoms with Crippen LogP contribution in [0.4, 0.5) is 0 Å². The van der Waals surface area contributed by atoms with E-state index in [1.807, 2.05) is 37.3 Å². The van der Waals surface area contributed by atoms with E-state index in [-0.39, 0.29) is 18.3 Å². The third kappa shape index (κ3) is 4.12. The highest BCUT2D eigenvalue weighted by atomic mass is 35.5. The number of nitrogens with zero attached hydrogens (tertiary/aromatic N) is 2. The summed E-state index contributed by atoms with van der Waals surface area (Å²) in [7, 11) is 0. The van der Waals surface area contributed by atoms with Crippen molar-refractivity contribution in [1.82, 2.24) is 20.4 Å². The second-order valence-corrected chi connectivity index (χ2v) is 5.79. The first-order chi connectivity index (χ1) is 10.8. The van der Waals surface area contributed by atoms with Gasteiger partial charge in [-0.25, -0.2) is 4.68 Å². The minimum atomic E-state index is -0.0364. The number of amides is 1. The highest BCUT2D eigenvalue weighted by Crippen LogP contribution is 2.14. The lowest BCUT2D eigenvalue weighted by Crippen LogP contribution is -2.26. The zero-order chi connectivity index (χ0) is 15.4. The number of carbonyl (C=O) groups is 1. The van der Waals surface area contributed by atoms with Gasteiger partial charge in [-0.2, -0.15) is 5.10 Å². The Balaban J connectivity index is 0.00000192. The fourth-order valence-electron chi connectivity index (χ4n) is 2.91. The van der Waals surface area contributed by atoms with Gasteiger partial charge >= 0.3 is 0 Å². The van der Waals surface area contributed by atoms with E-state index in [9.17, 15) is 4.79 Å². The van der Waals surface area contributed by atoms with Crippen LogP contribution in [0.3, 0.4) is 0 Å². The van der Waals surface area contributed by atoms with Crippen LogP contribution in [0.2, 0.25) is 0 Å². The van der Waals surface area contributed by atoms with Crippen LogP contribution in [0.1, 0.15) is 28.9 Å². The number of nitrogens with one attached hydrogen (secondary N) is 2. The molecule has 124 valence electrons. The highest BCUT2D eigenvalue weighted by Gasteiger charge is 2.17. The van der Waals surface area contributed by atoms with Gasteiger partial charge in [0.2, 0.25) is 0 Å². The molecule has 1 aromatic heterocycles. The Morgan fingerprint density at radius 3 is 2.87 bits per heavy atom. The van der Waals surface area contributed by atoms with Gasteiger partial charge in [0.1, 0.15) is 0 Å². The molecule has 1 saturated heterocycles. The van der Waals surface area contributed by atoms with Crippen molar-refractivity contribution < 1.29 is 4.79 Å². The maximum Gasteiger partial charge on any atom is 0.254 e. The van der Waals surface area contributed by atoms with Crippen molar-refractivity contribution in [3.05, 3.63) is 47.8 Å². The summed E-state index contributed by atoms with van der Waals surface area (Å²) < 4.78 is 1.80. The molecule has 1 amide bonds. The van der Waals surface area contributed by atoms with Gasteiger partial charge in [-0.3, -0.25) is 4.79 Å². The molecular weight excluding hydrogens is 312 g/mol. The molecule has 1 atom stereocenters. The van der Waals surface area contributed by atoms with Crippen molar-refractivity contribution in [1.29, 1.82) is 0 Å². The van der Waals surface area contributed by atoms with Crippen LogP contribution in [-0.4, -0.2) is 35.3 Å². The first-order valence-electron chi connectivity index (χ1n) is 7.84. The van der Waals surface area contributed by atoms with Gasteiger partial charge in [-0.1, -0.05) is 18.2 Å². The van der Waals surface area contributed by atoms with Gasteiger partial charge in [0.15, 0.2) is 0 Å². The summed E-state index contributed by atoms with van der Waals surface area (Å²) in [6, 6.07) is 9.86.